The Labute approximate surface area is 140 Å². The van der Waals surface area contributed by atoms with Gasteiger partial charge in [0.05, 0.1) is 18.8 Å². The lowest BCUT2D eigenvalue weighted by Crippen LogP contribution is -2.36. The van der Waals surface area contributed by atoms with Crippen LogP contribution in [0.4, 0.5) is 11.4 Å². The molecular formula is C17H19N3O2S. The van der Waals surface area contributed by atoms with E-state index in [0.717, 1.165) is 42.7 Å². The minimum Gasteiger partial charge on any atom is -0.378 e. The molecule has 2 heterocycles. The van der Waals surface area contributed by atoms with Gasteiger partial charge in [0.15, 0.2) is 0 Å². The Morgan fingerprint density at radius 1 is 1.22 bits per heavy atom. The van der Waals surface area contributed by atoms with Gasteiger partial charge in [0, 0.05) is 30.7 Å². The van der Waals surface area contributed by atoms with E-state index in [9.17, 15) is 4.79 Å². The highest BCUT2D eigenvalue weighted by atomic mass is 32.2. The molecule has 0 radical (unpaired) electrons. The van der Waals surface area contributed by atoms with Crippen molar-refractivity contribution >= 4 is 29.0 Å². The largest absolute Gasteiger partial charge is 0.378 e. The molecule has 2 aromatic rings. The molecule has 1 aromatic carbocycles. The standard InChI is InChI=1S/C17H19N3O2S/c1-23-17-15(3-2-8-18-17)16(21)19-13-4-6-14(7-5-13)20-9-11-22-12-10-20/h2-8H,9-12H2,1H3,(H,19,21). The number of benzene rings is 1. The number of aromatic nitrogens is 1. The Morgan fingerprint density at radius 3 is 2.65 bits per heavy atom. The van der Waals surface area contributed by atoms with Crippen LogP contribution in [0.5, 0.6) is 0 Å². The number of morpholine rings is 1. The lowest BCUT2D eigenvalue weighted by molar-refractivity contribution is 0.102. The van der Waals surface area contributed by atoms with Gasteiger partial charge < -0.3 is 15.0 Å². The Hall–Kier alpha value is -2.05. The molecule has 1 aliphatic heterocycles. The number of carbonyl (C=O) groups excluding carboxylic acids is 1. The summed E-state index contributed by atoms with van der Waals surface area (Å²) in [7, 11) is 0. The first-order valence-corrected chi connectivity index (χ1v) is 8.73. The summed E-state index contributed by atoms with van der Waals surface area (Å²) in [6.07, 6.45) is 3.61. The third-order valence-corrected chi connectivity index (χ3v) is 4.42. The van der Waals surface area contributed by atoms with E-state index in [0.29, 0.717) is 5.56 Å². The third-order valence-electron chi connectivity index (χ3n) is 3.71. The number of carbonyl (C=O) groups is 1. The molecular weight excluding hydrogens is 310 g/mol. The maximum Gasteiger partial charge on any atom is 0.258 e. The monoisotopic (exact) mass is 329 g/mol. The summed E-state index contributed by atoms with van der Waals surface area (Å²) in [4.78, 5) is 18.9. The molecule has 0 spiro atoms. The van der Waals surface area contributed by atoms with Crippen LogP contribution in [0.1, 0.15) is 10.4 Å². The Kier molecular flexibility index (Phi) is 5.15. The highest BCUT2D eigenvalue weighted by Gasteiger charge is 2.13. The van der Waals surface area contributed by atoms with E-state index in [4.69, 9.17) is 4.74 Å². The van der Waals surface area contributed by atoms with Crippen LogP contribution in [0.15, 0.2) is 47.6 Å². The van der Waals surface area contributed by atoms with E-state index >= 15 is 0 Å². The topological polar surface area (TPSA) is 54.5 Å². The van der Waals surface area contributed by atoms with E-state index in [2.05, 4.69) is 15.2 Å². The predicted molar refractivity (Wildman–Crippen MR) is 93.4 cm³/mol. The van der Waals surface area contributed by atoms with E-state index < -0.39 is 0 Å². The molecule has 23 heavy (non-hydrogen) atoms. The highest BCUT2D eigenvalue weighted by Crippen LogP contribution is 2.21. The summed E-state index contributed by atoms with van der Waals surface area (Å²) < 4.78 is 5.36. The lowest BCUT2D eigenvalue weighted by Gasteiger charge is -2.28. The van der Waals surface area contributed by atoms with Crippen molar-refractivity contribution in [1.82, 2.24) is 4.98 Å². The van der Waals surface area contributed by atoms with E-state index in [1.165, 1.54) is 11.8 Å². The number of thioether (sulfide) groups is 1. The van der Waals surface area contributed by atoms with Crippen molar-refractivity contribution < 1.29 is 9.53 Å². The molecule has 1 aromatic heterocycles. The lowest BCUT2D eigenvalue weighted by atomic mass is 10.2. The van der Waals surface area contributed by atoms with Gasteiger partial charge in [-0.05, 0) is 42.7 Å². The maximum absolute atomic E-state index is 12.4. The van der Waals surface area contributed by atoms with Gasteiger partial charge in [0.2, 0.25) is 0 Å². The first-order valence-electron chi connectivity index (χ1n) is 7.51. The Bertz CT molecular complexity index is 670. The predicted octanol–water partition coefficient (Wildman–Crippen LogP) is 2.89. The molecule has 3 rings (SSSR count). The van der Waals surface area contributed by atoms with Crippen LogP contribution in [0, 0.1) is 0 Å². The number of anilines is 2. The highest BCUT2D eigenvalue weighted by molar-refractivity contribution is 7.98. The molecule has 0 aliphatic carbocycles. The van der Waals surface area contributed by atoms with Crippen molar-refractivity contribution in [3.8, 4) is 0 Å². The maximum atomic E-state index is 12.4. The first kappa shape index (κ1) is 15.8. The molecule has 1 fully saturated rings. The summed E-state index contributed by atoms with van der Waals surface area (Å²) in [5, 5.41) is 3.66. The van der Waals surface area contributed by atoms with Gasteiger partial charge in [-0.3, -0.25) is 4.79 Å². The molecule has 0 saturated carbocycles. The number of hydrogen-bond acceptors (Lipinski definition) is 5. The van der Waals surface area contributed by atoms with Gasteiger partial charge in [-0.15, -0.1) is 11.8 Å². The van der Waals surface area contributed by atoms with Crippen molar-refractivity contribution in [3.05, 3.63) is 48.2 Å². The number of nitrogens with one attached hydrogen (secondary N) is 1. The van der Waals surface area contributed by atoms with Crippen molar-refractivity contribution in [3.63, 3.8) is 0 Å². The van der Waals surface area contributed by atoms with Crippen LogP contribution in [-0.2, 0) is 4.74 Å². The Morgan fingerprint density at radius 2 is 1.96 bits per heavy atom. The molecule has 0 bridgehead atoms. The second-order valence-corrected chi connectivity index (χ2v) is 5.96. The van der Waals surface area contributed by atoms with Crippen LogP contribution in [0.25, 0.3) is 0 Å². The zero-order chi connectivity index (χ0) is 16.1. The van der Waals surface area contributed by atoms with Crippen molar-refractivity contribution in [2.24, 2.45) is 0 Å². The van der Waals surface area contributed by atoms with Crippen LogP contribution in [0.3, 0.4) is 0 Å². The summed E-state index contributed by atoms with van der Waals surface area (Å²) >= 11 is 1.47. The quantitative estimate of drug-likeness (QED) is 0.874. The van der Waals surface area contributed by atoms with Gasteiger partial charge in [-0.25, -0.2) is 4.98 Å². The number of nitrogens with zero attached hydrogens (tertiary/aromatic N) is 2. The van der Waals surface area contributed by atoms with Gasteiger partial charge in [-0.1, -0.05) is 0 Å². The average molecular weight is 329 g/mol. The molecule has 0 atom stereocenters. The summed E-state index contributed by atoms with van der Waals surface area (Å²) in [6, 6.07) is 11.5. The van der Waals surface area contributed by atoms with Crippen molar-refractivity contribution in [2.45, 2.75) is 5.03 Å². The molecule has 1 saturated heterocycles. The van der Waals surface area contributed by atoms with Gasteiger partial charge in [-0.2, -0.15) is 0 Å². The molecule has 5 nitrogen and oxygen atoms in total. The first-order chi connectivity index (χ1) is 11.3. The molecule has 120 valence electrons. The number of hydrogen-bond donors (Lipinski definition) is 1. The zero-order valence-electron chi connectivity index (χ0n) is 13.0. The normalized spacial score (nSPS) is 14.6. The fraction of sp³-hybridized carbons (Fsp3) is 0.294. The second-order valence-electron chi connectivity index (χ2n) is 5.16. The molecule has 1 amide bonds. The van der Waals surface area contributed by atoms with Gasteiger partial charge in [0.25, 0.3) is 5.91 Å². The van der Waals surface area contributed by atoms with E-state index in [1.54, 1.807) is 18.3 Å². The zero-order valence-corrected chi connectivity index (χ0v) is 13.8. The number of ether oxygens (including phenoxy) is 1. The minimum atomic E-state index is -0.137. The van der Waals surface area contributed by atoms with Crippen LogP contribution in [-0.4, -0.2) is 43.5 Å². The SMILES string of the molecule is CSc1ncccc1C(=O)Nc1ccc(N2CCOCC2)cc1. The summed E-state index contributed by atoms with van der Waals surface area (Å²) in [5.74, 6) is -0.137. The molecule has 1 N–H and O–H groups in total. The van der Waals surface area contributed by atoms with E-state index in [-0.39, 0.29) is 5.91 Å². The number of pyridine rings is 1. The third kappa shape index (κ3) is 3.83. The van der Waals surface area contributed by atoms with Crippen molar-refractivity contribution in [1.29, 1.82) is 0 Å². The smallest absolute Gasteiger partial charge is 0.258 e. The second kappa shape index (κ2) is 7.48. The Balaban J connectivity index is 1.69. The molecule has 6 heteroatoms. The minimum absolute atomic E-state index is 0.137. The molecule has 0 unspecified atom stereocenters. The fourth-order valence-electron chi connectivity index (χ4n) is 2.50. The van der Waals surface area contributed by atoms with Crippen LogP contribution >= 0.6 is 11.8 Å². The molecule has 1 aliphatic rings. The van der Waals surface area contributed by atoms with Gasteiger partial charge in [0.1, 0.15) is 5.03 Å². The average Bonchev–Trinajstić information content (AvgIpc) is 2.63. The van der Waals surface area contributed by atoms with Crippen LogP contribution < -0.4 is 10.2 Å². The van der Waals surface area contributed by atoms with E-state index in [1.807, 2.05) is 30.5 Å². The summed E-state index contributed by atoms with van der Waals surface area (Å²) in [5.41, 5.74) is 2.53. The van der Waals surface area contributed by atoms with Crippen molar-refractivity contribution in [2.75, 3.05) is 42.8 Å². The number of amides is 1. The fourth-order valence-corrected chi connectivity index (χ4v) is 3.05. The summed E-state index contributed by atoms with van der Waals surface area (Å²) in [6.45, 7) is 3.32. The van der Waals surface area contributed by atoms with Crippen LogP contribution in [0.2, 0.25) is 0 Å². The van der Waals surface area contributed by atoms with Gasteiger partial charge >= 0.3 is 0 Å². The number of rotatable bonds is 4.